The number of nitrogens with zero attached hydrogens (tertiary/aromatic N) is 4. The number of benzene rings is 1. The molecule has 0 spiro atoms. The number of hydrogen-bond acceptors (Lipinski definition) is 5. The van der Waals surface area contributed by atoms with Gasteiger partial charge in [-0.25, -0.2) is 4.68 Å². The molecule has 0 bridgehead atoms. The molecule has 162 valence electrons. The minimum absolute atomic E-state index is 0. The zero-order chi connectivity index (χ0) is 19.2. The fourth-order valence-corrected chi connectivity index (χ4v) is 3.59. The van der Waals surface area contributed by atoms with E-state index < -0.39 is 0 Å². The van der Waals surface area contributed by atoms with Crippen molar-refractivity contribution in [2.24, 2.45) is 0 Å². The number of rotatable bonds is 7. The van der Waals surface area contributed by atoms with Crippen LogP contribution in [0.3, 0.4) is 0 Å². The Balaban J connectivity index is 0.00000210. The summed E-state index contributed by atoms with van der Waals surface area (Å²) >= 11 is 0. The average molecular weight is 443 g/mol. The quantitative estimate of drug-likeness (QED) is 0.686. The fourth-order valence-electron chi connectivity index (χ4n) is 3.59. The number of aromatic nitrogens is 3. The molecular formula is C20H32Cl2N6O. The lowest BCUT2D eigenvalue weighted by molar-refractivity contribution is 0.102. The second-order valence-electron chi connectivity index (χ2n) is 7.07. The Bertz CT molecular complexity index is 772. The highest BCUT2D eigenvalue weighted by Crippen LogP contribution is 2.21. The van der Waals surface area contributed by atoms with Crippen molar-refractivity contribution in [1.29, 1.82) is 0 Å². The van der Waals surface area contributed by atoms with E-state index in [4.69, 9.17) is 0 Å². The van der Waals surface area contributed by atoms with Crippen LogP contribution in [0.5, 0.6) is 0 Å². The van der Waals surface area contributed by atoms with E-state index in [1.807, 2.05) is 29.8 Å². The second kappa shape index (κ2) is 12.1. The molecule has 0 saturated carbocycles. The highest BCUT2D eigenvalue weighted by molar-refractivity contribution is 6.03. The normalized spacial score (nSPS) is 14.2. The second-order valence-corrected chi connectivity index (χ2v) is 7.07. The Morgan fingerprint density at radius 2 is 1.93 bits per heavy atom. The van der Waals surface area contributed by atoms with Crippen LogP contribution in [0.2, 0.25) is 0 Å². The Labute approximate surface area is 185 Å². The maximum absolute atomic E-state index is 12.7. The number of piperidine rings is 1. The van der Waals surface area contributed by atoms with Gasteiger partial charge in [0.05, 0.1) is 11.7 Å². The predicted octanol–water partition coefficient (Wildman–Crippen LogP) is 3.45. The molecule has 0 radical (unpaired) electrons. The third kappa shape index (κ3) is 6.40. The van der Waals surface area contributed by atoms with Gasteiger partial charge in [0.25, 0.3) is 5.91 Å². The maximum Gasteiger partial charge on any atom is 0.278 e. The van der Waals surface area contributed by atoms with Crippen LogP contribution in [0.25, 0.3) is 0 Å². The monoisotopic (exact) mass is 442 g/mol. The maximum atomic E-state index is 12.7. The van der Waals surface area contributed by atoms with E-state index in [9.17, 15) is 4.79 Å². The summed E-state index contributed by atoms with van der Waals surface area (Å²) in [6.07, 6.45) is 2.03. The zero-order valence-corrected chi connectivity index (χ0v) is 19.0. The number of nitrogens with one attached hydrogen (secondary N) is 2. The highest BCUT2D eigenvalue weighted by atomic mass is 35.5. The molecule has 0 aliphatic carbocycles. The first kappa shape index (κ1) is 25.4. The van der Waals surface area contributed by atoms with E-state index in [0.717, 1.165) is 56.9 Å². The molecule has 2 N–H and O–H groups in total. The van der Waals surface area contributed by atoms with E-state index in [0.29, 0.717) is 11.7 Å². The minimum Gasteiger partial charge on any atom is -0.321 e. The van der Waals surface area contributed by atoms with Gasteiger partial charge in [0.15, 0.2) is 5.69 Å². The molecule has 1 amide bonds. The topological polar surface area (TPSA) is 75.1 Å². The molecule has 0 unspecified atom stereocenters. The van der Waals surface area contributed by atoms with Gasteiger partial charge in [-0.05, 0) is 63.6 Å². The van der Waals surface area contributed by atoms with E-state index in [-0.39, 0.29) is 30.7 Å². The van der Waals surface area contributed by atoms with Crippen LogP contribution in [-0.4, -0.2) is 52.0 Å². The number of carbonyl (C=O) groups is 1. The van der Waals surface area contributed by atoms with Crippen molar-refractivity contribution in [2.75, 3.05) is 31.5 Å². The van der Waals surface area contributed by atoms with Gasteiger partial charge in [0.2, 0.25) is 0 Å². The Hall–Kier alpha value is -1.67. The van der Waals surface area contributed by atoms with Gasteiger partial charge >= 0.3 is 0 Å². The number of halogens is 2. The van der Waals surface area contributed by atoms with Crippen molar-refractivity contribution < 1.29 is 4.79 Å². The first-order chi connectivity index (χ1) is 13.1. The summed E-state index contributed by atoms with van der Waals surface area (Å²) in [4.78, 5) is 15.1. The predicted molar refractivity (Wildman–Crippen MR) is 121 cm³/mol. The third-order valence-electron chi connectivity index (χ3n) is 5.28. The largest absolute Gasteiger partial charge is 0.321 e. The fraction of sp³-hybridized carbons (Fsp3) is 0.550. The molecule has 1 aromatic carbocycles. The Kier molecular flexibility index (Phi) is 10.6. The van der Waals surface area contributed by atoms with Gasteiger partial charge in [-0.15, -0.1) is 29.9 Å². The summed E-state index contributed by atoms with van der Waals surface area (Å²) in [7, 11) is 0. The summed E-state index contributed by atoms with van der Waals surface area (Å²) in [6, 6.07) is 8.33. The average Bonchev–Trinajstić information content (AvgIpc) is 3.08. The van der Waals surface area contributed by atoms with Crippen LogP contribution < -0.4 is 10.6 Å². The molecule has 29 heavy (non-hydrogen) atoms. The zero-order valence-electron chi connectivity index (χ0n) is 17.4. The van der Waals surface area contributed by atoms with E-state index >= 15 is 0 Å². The van der Waals surface area contributed by atoms with Gasteiger partial charge in [0, 0.05) is 12.2 Å². The molecule has 1 aromatic heterocycles. The molecule has 9 heteroatoms. The summed E-state index contributed by atoms with van der Waals surface area (Å²) in [5.74, 6) is -0.201. The standard InChI is InChI=1S/C20H30N6O.2ClH/c1-4-25(5-2)14-16-7-6-8-17(13-16)22-20(27)19-15(3)26(24-23-19)18-9-11-21-12-10-18;;/h6-8,13,18,21H,4-5,9-12,14H2,1-3H3,(H,22,27);2*1H. The van der Waals surface area contributed by atoms with Crippen molar-refractivity contribution >= 4 is 36.4 Å². The summed E-state index contributed by atoms with van der Waals surface area (Å²) < 4.78 is 1.91. The lowest BCUT2D eigenvalue weighted by atomic mass is 10.1. The lowest BCUT2D eigenvalue weighted by Gasteiger charge is -2.23. The van der Waals surface area contributed by atoms with Gasteiger partial charge in [-0.3, -0.25) is 9.69 Å². The SMILES string of the molecule is CCN(CC)Cc1cccc(NC(=O)c2nnn(C3CCNCC3)c2C)c1.Cl.Cl. The molecule has 2 aromatic rings. The van der Waals surface area contributed by atoms with Gasteiger partial charge < -0.3 is 10.6 Å². The van der Waals surface area contributed by atoms with Crippen molar-refractivity contribution in [1.82, 2.24) is 25.2 Å². The molecule has 3 rings (SSSR count). The molecule has 1 saturated heterocycles. The van der Waals surface area contributed by atoms with E-state index in [1.54, 1.807) is 0 Å². The third-order valence-corrected chi connectivity index (χ3v) is 5.28. The van der Waals surface area contributed by atoms with Gasteiger partial charge in [-0.2, -0.15) is 0 Å². The Morgan fingerprint density at radius 1 is 1.24 bits per heavy atom. The van der Waals surface area contributed by atoms with Crippen molar-refractivity contribution in [2.45, 2.75) is 46.2 Å². The van der Waals surface area contributed by atoms with Gasteiger partial charge in [0.1, 0.15) is 0 Å². The smallest absolute Gasteiger partial charge is 0.278 e. The van der Waals surface area contributed by atoms with E-state index in [2.05, 4.69) is 45.8 Å². The van der Waals surface area contributed by atoms with Gasteiger partial charge in [-0.1, -0.05) is 31.2 Å². The molecule has 1 aliphatic heterocycles. The van der Waals surface area contributed by atoms with Crippen LogP contribution in [0.15, 0.2) is 24.3 Å². The molecular weight excluding hydrogens is 411 g/mol. The van der Waals surface area contributed by atoms with Crippen LogP contribution in [0.4, 0.5) is 5.69 Å². The molecule has 2 heterocycles. The Morgan fingerprint density at radius 3 is 2.59 bits per heavy atom. The minimum atomic E-state index is -0.201. The van der Waals surface area contributed by atoms with Crippen molar-refractivity contribution in [3.05, 3.63) is 41.2 Å². The van der Waals surface area contributed by atoms with Crippen LogP contribution >= 0.6 is 24.8 Å². The molecule has 7 nitrogen and oxygen atoms in total. The van der Waals surface area contributed by atoms with Crippen LogP contribution in [0.1, 0.15) is 54.5 Å². The van der Waals surface area contributed by atoms with Crippen molar-refractivity contribution in [3.8, 4) is 0 Å². The summed E-state index contributed by atoms with van der Waals surface area (Å²) in [5.41, 5.74) is 3.22. The highest BCUT2D eigenvalue weighted by Gasteiger charge is 2.23. The summed E-state index contributed by atoms with van der Waals surface area (Å²) in [6.45, 7) is 11.1. The molecule has 1 fully saturated rings. The number of amides is 1. The van der Waals surface area contributed by atoms with E-state index in [1.165, 1.54) is 5.56 Å². The van der Waals surface area contributed by atoms with Crippen molar-refractivity contribution in [3.63, 3.8) is 0 Å². The number of hydrogen-bond donors (Lipinski definition) is 2. The molecule has 1 aliphatic rings. The number of anilines is 1. The first-order valence-corrected chi connectivity index (χ1v) is 9.87. The summed E-state index contributed by atoms with van der Waals surface area (Å²) in [5, 5.41) is 14.7. The lowest BCUT2D eigenvalue weighted by Crippen LogP contribution is -2.30. The van der Waals surface area contributed by atoms with Crippen LogP contribution in [0, 0.1) is 6.92 Å². The first-order valence-electron chi connectivity index (χ1n) is 9.87. The van der Waals surface area contributed by atoms with Crippen LogP contribution in [-0.2, 0) is 6.54 Å². The molecule has 0 atom stereocenters. The number of carbonyl (C=O) groups excluding carboxylic acids is 1.